The Kier molecular flexibility index (Phi) is 5.70. The van der Waals surface area contributed by atoms with Crippen LogP contribution >= 0.6 is 0 Å². The zero-order valence-corrected chi connectivity index (χ0v) is 10.5. The molecule has 0 saturated heterocycles. The Labute approximate surface area is 103 Å². The number of aliphatic hydroxyl groups is 1. The van der Waals surface area contributed by atoms with Gasteiger partial charge in [-0.05, 0) is 24.5 Å². The van der Waals surface area contributed by atoms with Gasteiger partial charge in [-0.1, -0.05) is 38.5 Å². The Morgan fingerprint density at radius 3 is 2.59 bits per heavy atom. The van der Waals surface area contributed by atoms with Crippen LogP contribution in [0.2, 0.25) is 0 Å². The van der Waals surface area contributed by atoms with Crippen molar-refractivity contribution in [2.75, 3.05) is 5.32 Å². The fourth-order valence-electron chi connectivity index (χ4n) is 1.77. The first-order chi connectivity index (χ1) is 8.13. The van der Waals surface area contributed by atoms with E-state index < -0.39 is 6.10 Å². The summed E-state index contributed by atoms with van der Waals surface area (Å²) in [5, 5.41) is 12.6. The van der Waals surface area contributed by atoms with Crippen molar-refractivity contribution in [3.8, 4) is 0 Å². The van der Waals surface area contributed by atoms with E-state index in [0.29, 0.717) is 0 Å². The molecular formula is C14H21NO2. The van der Waals surface area contributed by atoms with Gasteiger partial charge in [0.2, 0.25) is 5.91 Å². The molecule has 0 aromatic heterocycles. The standard InChI is InChI=1S/C14H21NO2/c1-3-7-11(2)13(16)10-14(17)15-12-8-5-4-6-9-12/h4-6,8-9,11,13,16H,3,7,10H2,1-2H3,(H,15,17)/t11-,13+/m0/s1. The van der Waals surface area contributed by atoms with Gasteiger partial charge in [0, 0.05) is 5.69 Å². The molecule has 0 aliphatic rings. The molecule has 0 heterocycles. The van der Waals surface area contributed by atoms with Crippen molar-refractivity contribution >= 4 is 11.6 Å². The first-order valence-corrected chi connectivity index (χ1v) is 6.16. The van der Waals surface area contributed by atoms with E-state index in [9.17, 15) is 9.90 Å². The second-order valence-corrected chi connectivity index (χ2v) is 4.45. The molecule has 2 atom stereocenters. The Balaban J connectivity index is 2.39. The lowest BCUT2D eigenvalue weighted by Crippen LogP contribution is -2.25. The summed E-state index contributed by atoms with van der Waals surface area (Å²) in [6.07, 6.45) is 1.58. The third kappa shape index (κ3) is 5.00. The number of carbonyl (C=O) groups is 1. The van der Waals surface area contributed by atoms with Gasteiger partial charge < -0.3 is 10.4 Å². The number of benzene rings is 1. The molecule has 0 spiro atoms. The zero-order chi connectivity index (χ0) is 12.7. The van der Waals surface area contributed by atoms with Crippen molar-refractivity contribution in [2.24, 2.45) is 5.92 Å². The Hall–Kier alpha value is -1.35. The highest BCUT2D eigenvalue weighted by atomic mass is 16.3. The predicted octanol–water partition coefficient (Wildman–Crippen LogP) is 2.81. The average molecular weight is 235 g/mol. The topological polar surface area (TPSA) is 49.3 Å². The van der Waals surface area contributed by atoms with Crippen molar-refractivity contribution < 1.29 is 9.90 Å². The van der Waals surface area contributed by atoms with Gasteiger partial charge in [0.25, 0.3) is 0 Å². The lowest BCUT2D eigenvalue weighted by atomic mass is 9.97. The number of rotatable bonds is 6. The monoisotopic (exact) mass is 235 g/mol. The van der Waals surface area contributed by atoms with Crippen LogP contribution in [-0.4, -0.2) is 17.1 Å². The minimum Gasteiger partial charge on any atom is -0.392 e. The minimum absolute atomic E-state index is 0.133. The largest absolute Gasteiger partial charge is 0.392 e. The van der Waals surface area contributed by atoms with Crippen LogP contribution in [-0.2, 0) is 4.79 Å². The van der Waals surface area contributed by atoms with Gasteiger partial charge in [-0.25, -0.2) is 0 Å². The summed E-state index contributed by atoms with van der Waals surface area (Å²) in [6, 6.07) is 9.30. The van der Waals surface area contributed by atoms with Gasteiger partial charge in [0.15, 0.2) is 0 Å². The molecule has 3 heteroatoms. The van der Waals surface area contributed by atoms with Crippen LogP contribution in [0.3, 0.4) is 0 Å². The molecule has 0 aliphatic heterocycles. The van der Waals surface area contributed by atoms with Crippen LogP contribution in [0.4, 0.5) is 5.69 Å². The number of hydrogen-bond donors (Lipinski definition) is 2. The van der Waals surface area contributed by atoms with Gasteiger partial charge >= 0.3 is 0 Å². The van der Waals surface area contributed by atoms with Gasteiger partial charge in [0.1, 0.15) is 0 Å². The molecule has 0 unspecified atom stereocenters. The van der Waals surface area contributed by atoms with Crippen molar-refractivity contribution in [3.05, 3.63) is 30.3 Å². The zero-order valence-electron chi connectivity index (χ0n) is 10.5. The first kappa shape index (κ1) is 13.7. The third-order valence-electron chi connectivity index (χ3n) is 2.85. The fraction of sp³-hybridized carbons (Fsp3) is 0.500. The number of anilines is 1. The van der Waals surface area contributed by atoms with E-state index >= 15 is 0 Å². The van der Waals surface area contributed by atoms with E-state index in [2.05, 4.69) is 12.2 Å². The molecule has 1 aromatic carbocycles. The summed E-state index contributed by atoms with van der Waals surface area (Å²) >= 11 is 0. The normalized spacial score (nSPS) is 14.1. The Morgan fingerprint density at radius 2 is 2.00 bits per heavy atom. The SMILES string of the molecule is CCC[C@H](C)[C@H](O)CC(=O)Nc1ccccc1. The van der Waals surface area contributed by atoms with E-state index in [1.165, 1.54) is 0 Å². The molecule has 0 radical (unpaired) electrons. The quantitative estimate of drug-likeness (QED) is 0.796. The average Bonchev–Trinajstić information content (AvgIpc) is 2.30. The van der Waals surface area contributed by atoms with Crippen LogP contribution in [0.25, 0.3) is 0 Å². The number of amides is 1. The molecule has 94 valence electrons. The smallest absolute Gasteiger partial charge is 0.226 e. The molecule has 0 bridgehead atoms. The summed E-state index contributed by atoms with van der Waals surface area (Å²) in [6.45, 7) is 4.05. The third-order valence-corrected chi connectivity index (χ3v) is 2.85. The lowest BCUT2D eigenvalue weighted by molar-refractivity contribution is -0.118. The maximum atomic E-state index is 11.7. The predicted molar refractivity (Wildman–Crippen MR) is 69.8 cm³/mol. The molecule has 17 heavy (non-hydrogen) atoms. The molecule has 2 N–H and O–H groups in total. The van der Waals surface area contributed by atoms with Gasteiger partial charge in [-0.2, -0.15) is 0 Å². The van der Waals surface area contributed by atoms with Crippen LogP contribution in [0.5, 0.6) is 0 Å². The van der Waals surface area contributed by atoms with Crippen molar-refractivity contribution in [3.63, 3.8) is 0 Å². The molecule has 0 aliphatic carbocycles. The first-order valence-electron chi connectivity index (χ1n) is 6.16. The molecule has 0 saturated carbocycles. The maximum absolute atomic E-state index is 11.7. The molecule has 1 aromatic rings. The second kappa shape index (κ2) is 7.07. The number of para-hydroxylation sites is 1. The van der Waals surface area contributed by atoms with E-state index in [-0.39, 0.29) is 18.2 Å². The second-order valence-electron chi connectivity index (χ2n) is 4.45. The minimum atomic E-state index is -0.557. The van der Waals surface area contributed by atoms with Gasteiger partial charge in [0.05, 0.1) is 12.5 Å². The summed E-state index contributed by atoms with van der Waals surface area (Å²) in [4.78, 5) is 11.7. The van der Waals surface area contributed by atoms with Crippen LogP contribution in [0.15, 0.2) is 30.3 Å². The summed E-state index contributed by atoms with van der Waals surface area (Å²) in [5.74, 6) is 0.0353. The van der Waals surface area contributed by atoms with E-state index in [0.717, 1.165) is 18.5 Å². The van der Waals surface area contributed by atoms with Crippen LogP contribution in [0, 0.1) is 5.92 Å². The molecule has 1 amide bonds. The van der Waals surface area contributed by atoms with Crippen molar-refractivity contribution in [1.29, 1.82) is 0 Å². The number of nitrogens with one attached hydrogen (secondary N) is 1. The van der Waals surface area contributed by atoms with Gasteiger partial charge in [-0.15, -0.1) is 0 Å². The molecular weight excluding hydrogens is 214 g/mol. The summed E-state index contributed by atoms with van der Waals surface area (Å²) < 4.78 is 0. The van der Waals surface area contributed by atoms with E-state index in [4.69, 9.17) is 0 Å². The van der Waals surface area contributed by atoms with E-state index in [1.54, 1.807) is 0 Å². The maximum Gasteiger partial charge on any atom is 0.226 e. The van der Waals surface area contributed by atoms with Crippen molar-refractivity contribution in [1.82, 2.24) is 0 Å². The number of carbonyl (C=O) groups excluding carboxylic acids is 1. The highest BCUT2D eigenvalue weighted by molar-refractivity contribution is 5.90. The molecule has 3 nitrogen and oxygen atoms in total. The highest BCUT2D eigenvalue weighted by Gasteiger charge is 2.17. The highest BCUT2D eigenvalue weighted by Crippen LogP contribution is 2.14. The van der Waals surface area contributed by atoms with Crippen molar-refractivity contribution in [2.45, 2.75) is 39.2 Å². The molecule has 0 fully saturated rings. The number of hydrogen-bond acceptors (Lipinski definition) is 2. The van der Waals surface area contributed by atoms with E-state index in [1.807, 2.05) is 37.3 Å². The Morgan fingerprint density at radius 1 is 1.35 bits per heavy atom. The van der Waals surface area contributed by atoms with Crippen LogP contribution < -0.4 is 5.32 Å². The number of aliphatic hydroxyl groups excluding tert-OH is 1. The Bertz CT molecular complexity index is 337. The lowest BCUT2D eigenvalue weighted by Gasteiger charge is -2.17. The summed E-state index contributed by atoms with van der Waals surface area (Å²) in [5.41, 5.74) is 0.771. The van der Waals surface area contributed by atoms with Crippen LogP contribution in [0.1, 0.15) is 33.1 Å². The fourth-order valence-corrected chi connectivity index (χ4v) is 1.77. The summed E-state index contributed by atoms with van der Waals surface area (Å²) in [7, 11) is 0. The molecule has 1 rings (SSSR count). The van der Waals surface area contributed by atoms with Gasteiger partial charge in [-0.3, -0.25) is 4.79 Å².